The quantitative estimate of drug-likeness (QED) is 0.515. The zero-order valence-electron chi connectivity index (χ0n) is 16.2. The molecule has 0 aliphatic heterocycles. The number of aromatic amines is 1. The topological polar surface area (TPSA) is 92.4 Å². The van der Waals surface area contributed by atoms with Crippen LogP contribution in [0.4, 0.5) is 13.2 Å². The zero-order valence-corrected chi connectivity index (χ0v) is 16.2. The molecule has 0 aliphatic carbocycles. The van der Waals surface area contributed by atoms with Crippen LogP contribution in [0.25, 0.3) is 22.5 Å². The van der Waals surface area contributed by atoms with Crippen LogP contribution in [-0.4, -0.2) is 25.2 Å². The monoisotopic (exact) mass is 424 g/mol. The minimum Gasteiger partial charge on any atom is -0.489 e. The van der Waals surface area contributed by atoms with Crippen molar-refractivity contribution in [1.82, 2.24) is 25.2 Å². The lowest BCUT2D eigenvalue weighted by atomic mass is 10.1. The van der Waals surface area contributed by atoms with Gasteiger partial charge in [-0.15, -0.1) is 5.10 Å². The van der Waals surface area contributed by atoms with Gasteiger partial charge >= 0.3 is 6.18 Å². The highest BCUT2D eigenvalue weighted by Crippen LogP contribution is 2.36. The predicted octanol–water partition coefficient (Wildman–Crippen LogP) is 4.34. The van der Waals surface area contributed by atoms with Gasteiger partial charge in [-0.1, -0.05) is 18.2 Å². The Morgan fingerprint density at radius 1 is 1.10 bits per heavy atom. The van der Waals surface area contributed by atoms with Crippen molar-refractivity contribution < 1.29 is 17.9 Å². The van der Waals surface area contributed by atoms with E-state index in [1.54, 1.807) is 10.8 Å². The highest BCUT2D eigenvalue weighted by molar-refractivity contribution is 5.67. The smallest absolute Gasteiger partial charge is 0.416 e. The molecule has 4 rings (SSSR count). The van der Waals surface area contributed by atoms with Crippen LogP contribution in [0.3, 0.4) is 0 Å². The second kappa shape index (κ2) is 7.95. The Kier molecular flexibility index (Phi) is 5.17. The van der Waals surface area contributed by atoms with Crippen LogP contribution < -0.4 is 4.74 Å². The third kappa shape index (κ3) is 4.40. The van der Waals surface area contributed by atoms with Gasteiger partial charge in [0.1, 0.15) is 24.1 Å². The van der Waals surface area contributed by atoms with Crippen molar-refractivity contribution in [3.63, 3.8) is 0 Å². The summed E-state index contributed by atoms with van der Waals surface area (Å²) in [5, 5.41) is 23.1. The molecule has 0 unspecified atom stereocenters. The number of hydrogen-bond donors (Lipinski definition) is 1. The Hall–Kier alpha value is -4.13. The van der Waals surface area contributed by atoms with Gasteiger partial charge in [-0.2, -0.15) is 33.8 Å². The SMILES string of the molecule is Cn1ccc(-c2cccc(COc3cc(-c4n[nH]nc4C#N)cc(C(F)(F)F)c3)c2)n1. The third-order valence-electron chi connectivity index (χ3n) is 4.50. The summed E-state index contributed by atoms with van der Waals surface area (Å²) in [6.45, 7) is 0.0470. The lowest BCUT2D eigenvalue weighted by Crippen LogP contribution is -2.06. The van der Waals surface area contributed by atoms with E-state index in [-0.39, 0.29) is 29.3 Å². The molecule has 2 aromatic carbocycles. The van der Waals surface area contributed by atoms with Gasteiger partial charge in [-0.25, -0.2) is 0 Å². The number of hydrogen-bond acceptors (Lipinski definition) is 5. The second-order valence-electron chi connectivity index (χ2n) is 6.74. The van der Waals surface area contributed by atoms with Crippen molar-refractivity contribution in [3.8, 4) is 34.3 Å². The Morgan fingerprint density at radius 3 is 2.65 bits per heavy atom. The van der Waals surface area contributed by atoms with E-state index in [0.29, 0.717) is 0 Å². The van der Waals surface area contributed by atoms with E-state index >= 15 is 0 Å². The summed E-state index contributed by atoms with van der Waals surface area (Å²) in [5.41, 5.74) is 1.50. The van der Waals surface area contributed by atoms with Gasteiger partial charge in [0.25, 0.3) is 0 Å². The summed E-state index contributed by atoms with van der Waals surface area (Å²) in [7, 11) is 1.81. The fraction of sp³-hybridized carbons (Fsp3) is 0.143. The molecule has 1 N–H and O–H groups in total. The van der Waals surface area contributed by atoms with E-state index in [1.165, 1.54) is 6.07 Å². The molecular weight excluding hydrogens is 409 g/mol. The Labute approximate surface area is 174 Å². The molecule has 156 valence electrons. The first-order valence-corrected chi connectivity index (χ1v) is 9.09. The first kappa shape index (κ1) is 20.2. The maximum atomic E-state index is 13.4. The lowest BCUT2D eigenvalue weighted by Gasteiger charge is -2.13. The predicted molar refractivity (Wildman–Crippen MR) is 105 cm³/mol. The molecule has 10 heteroatoms. The van der Waals surface area contributed by atoms with Gasteiger partial charge in [0, 0.05) is 24.4 Å². The van der Waals surface area contributed by atoms with Gasteiger partial charge < -0.3 is 4.74 Å². The summed E-state index contributed by atoms with van der Waals surface area (Å²) < 4.78 is 47.6. The Morgan fingerprint density at radius 2 is 1.94 bits per heavy atom. The molecule has 0 fully saturated rings. The van der Waals surface area contributed by atoms with Crippen molar-refractivity contribution in [2.24, 2.45) is 7.05 Å². The number of halogens is 3. The van der Waals surface area contributed by atoms with E-state index in [0.717, 1.165) is 29.0 Å². The molecule has 0 atom stereocenters. The van der Waals surface area contributed by atoms with E-state index in [2.05, 4.69) is 20.5 Å². The maximum absolute atomic E-state index is 13.4. The fourth-order valence-corrected chi connectivity index (χ4v) is 3.05. The molecule has 2 heterocycles. The minimum absolute atomic E-state index is 0.0000426. The number of ether oxygens (including phenoxy) is 1. The first-order chi connectivity index (χ1) is 14.8. The minimum atomic E-state index is -4.59. The van der Waals surface area contributed by atoms with Crippen LogP contribution >= 0.6 is 0 Å². The fourth-order valence-electron chi connectivity index (χ4n) is 3.05. The first-order valence-electron chi connectivity index (χ1n) is 9.09. The van der Waals surface area contributed by atoms with Gasteiger partial charge in [0.2, 0.25) is 0 Å². The van der Waals surface area contributed by atoms with Crippen molar-refractivity contribution in [1.29, 1.82) is 5.26 Å². The Balaban J connectivity index is 1.63. The standard InChI is InChI=1S/C21H15F3N6O/c1-30-6-5-18(28-30)14-4-2-3-13(7-14)12-31-17-9-15(8-16(10-17)21(22,23)24)20-19(11-25)26-29-27-20/h2-10H,12H2,1H3,(H,26,27,29). The van der Waals surface area contributed by atoms with Crippen molar-refractivity contribution >= 4 is 0 Å². The number of nitrogens with one attached hydrogen (secondary N) is 1. The average Bonchev–Trinajstić information content (AvgIpc) is 3.40. The molecule has 7 nitrogen and oxygen atoms in total. The number of rotatable bonds is 5. The number of nitriles is 1. The summed E-state index contributed by atoms with van der Waals surface area (Å²) >= 11 is 0. The summed E-state index contributed by atoms with van der Waals surface area (Å²) in [4.78, 5) is 0. The summed E-state index contributed by atoms with van der Waals surface area (Å²) in [6.07, 6.45) is -2.77. The molecule has 4 aromatic rings. The molecule has 0 saturated heterocycles. The van der Waals surface area contributed by atoms with Crippen LogP contribution in [0.1, 0.15) is 16.8 Å². The molecule has 0 amide bonds. The van der Waals surface area contributed by atoms with E-state index in [9.17, 15) is 13.2 Å². The average molecular weight is 424 g/mol. The molecular formula is C21H15F3N6O. The van der Waals surface area contributed by atoms with Crippen molar-refractivity contribution in [2.75, 3.05) is 0 Å². The van der Waals surface area contributed by atoms with Crippen molar-refractivity contribution in [2.45, 2.75) is 12.8 Å². The second-order valence-corrected chi connectivity index (χ2v) is 6.74. The van der Waals surface area contributed by atoms with Crippen LogP contribution in [0.5, 0.6) is 5.75 Å². The largest absolute Gasteiger partial charge is 0.489 e. The number of aryl methyl sites for hydroxylation is 1. The number of alkyl halides is 3. The maximum Gasteiger partial charge on any atom is 0.416 e. The van der Waals surface area contributed by atoms with E-state index < -0.39 is 11.7 Å². The summed E-state index contributed by atoms with van der Waals surface area (Å²) in [6, 6.07) is 14.3. The molecule has 0 bridgehead atoms. The Bertz CT molecular complexity index is 1270. The summed E-state index contributed by atoms with van der Waals surface area (Å²) in [5.74, 6) is -0.0000426. The lowest BCUT2D eigenvalue weighted by molar-refractivity contribution is -0.137. The highest BCUT2D eigenvalue weighted by atomic mass is 19.4. The van der Waals surface area contributed by atoms with Crippen LogP contribution in [0, 0.1) is 11.3 Å². The number of nitrogens with zero attached hydrogens (tertiary/aromatic N) is 5. The third-order valence-corrected chi connectivity index (χ3v) is 4.50. The van der Waals surface area contributed by atoms with E-state index in [1.807, 2.05) is 43.6 Å². The molecule has 0 saturated carbocycles. The van der Waals surface area contributed by atoms with Gasteiger partial charge in [-0.3, -0.25) is 4.68 Å². The van der Waals surface area contributed by atoms with Crippen LogP contribution in [-0.2, 0) is 19.8 Å². The number of aromatic nitrogens is 5. The molecule has 2 aromatic heterocycles. The zero-order chi connectivity index (χ0) is 22.0. The highest BCUT2D eigenvalue weighted by Gasteiger charge is 2.32. The van der Waals surface area contributed by atoms with Gasteiger partial charge in [-0.05, 0) is 35.9 Å². The molecule has 0 spiro atoms. The normalized spacial score (nSPS) is 11.3. The van der Waals surface area contributed by atoms with Gasteiger partial charge in [0.15, 0.2) is 5.69 Å². The molecule has 31 heavy (non-hydrogen) atoms. The van der Waals surface area contributed by atoms with Crippen LogP contribution in [0.15, 0.2) is 54.7 Å². The van der Waals surface area contributed by atoms with E-state index in [4.69, 9.17) is 10.00 Å². The number of benzene rings is 2. The number of H-pyrrole nitrogens is 1. The van der Waals surface area contributed by atoms with Gasteiger partial charge in [0.05, 0.1) is 11.3 Å². The van der Waals surface area contributed by atoms with Crippen molar-refractivity contribution in [3.05, 3.63) is 71.5 Å². The molecule has 0 radical (unpaired) electrons. The van der Waals surface area contributed by atoms with Crippen LogP contribution in [0.2, 0.25) is 0 Å². The molecule has 0 aliphatic rings.